The van der Waals surface area contributed by atoms with Crippen molar-refractivity contribution in [1.82, 2.24) is 20.5 Å². The van der Waals surface area contributed by atoms with Gasteiger partial charge in [0.15, 0.2) is 0 Å². The molecule has 1 aromatic rings. The van der Waals surface area contributed by atoms with Crippen LogP contribution >= 0.6 is 0 Å². The van der Waals surface area contributed by atoms with E-state index in [1.165, 1.54) is 12.4 Å². The minimum Gasteiger partial charge on any atom is -0.480 e. The van der Waals surface area contributed by atoms with Gasteiger partial charge in [0.25, 0.3) is 5.95 Å². The van der Waals surface area contributed by atoms with Gasteiger partial charge in [0.05, 0.1) is 12.4 Å². The molecule has 0 bridgehead atoms. The summed E-state index contributed by atoms with van der Waals surface area (Å²) in [6.45, 7) is 0. The number of carbonyl (C=O) groups excluding carboxylic acids is 1. The van der Waals surface area contributed by atoms with Gasteiger partial charge in [-0.3, -0.25) is 5.32 Å². The van der Waals surface area contributed by atoms with Gasteiger partial charge in [-0.25, -0.2) is 14.6 Å². The second kappa shape index (κ2) is 4.73. The van der Waals surface area contributed by atoms with E-state index in [1.807, 2.05) is 0 Å². The van der Waals surface area contributed by atoms with Crippen LogP contribution in [0.15, 0.2) is 12.4 Å². The molecule has 0 aliphatic heterocycles. The number of anilines is 1. The minimum atomic E-state index is -1.03. The Morgan fingerprint density at radius 1 is 1.41 bits per heavy atom. The Morgan fingerprint density at radius 3 is 2.71 bits per heavy atom. The molecule has 0 spiro atoms. The van der Waals surface area contributed by atoms with Crippen LogP contribution in [0.1, 0.15) is 12.8 Å². The molecule has 8 nitrogen and oxygen atoms in total. The summed E-state index contributed by atoms with van der Waals surface area (Å²) >= 11 is 0. The quantitative estimate of drug-likeness (QED) is 0.670. The van der Waals surface area contributed by atoms with E-state index in [1.54, 1.807) is 0 Å². The van der Waals surface area contributed by atoms with Gasteiger partial charge >= 0.3 is 12.0 Å². The highest BCUT2D eigenvalue weighted by atomic mass is 16.4. The first-order valence-corrected chi connectivity index (χ1v) is 5.11. The van der Waals surface area contributed by atoms with Gasteiger partial charge in [0.2, 0.25) is 0 Å². The molecular formula is C9H11N5O3. The molecular weight excluding hydrogens is 226 g/mol. The van der Waals surface area contributed by atoms with E-state index in [-0.39, 0.29) is 11.9 Å². The molecule has 1 aliphatic rings. The van der Waals surface area contributed by atoms with Crippen molar-refractivity contribution < 1.29 is 14.7 Å². The Balaban J connectivity index is 1.90. The Morgan fingerprint density at radius 2 is 2.18 bits per heavy atom. The van der Waals surface area contributed by atoms with E-state index < -0.39 is 18.0 Å². The summed E-state index contributed by atoms with van der Waals surface area (Å²) in [5.41, 5.74) is 0. The number of aliphatic carboxylic acids is 1. The average Bonchev–Trinajstić information content (AvgIpc) is 3.11. The van der Waals surface area contributed by atoms with E-state index in [2.05, 4.69) is 25.8 Å². The first kappa shape index (κ1) is 11.2. The third kappa shape index (κ3) is 3.10. The summed E-state index contributed by atoms with van der Waals surface area (Å²) in [4.78, 5) is 26.1. The largest absolute Gasteiger partial charge is 0.480 e. The molecule has 1 fully saturated rings. The van der Waals surface area contributed by atoms with Crippen molar-refractivity contribution in [3.63, 3.8) is 0 Å². The molecule has 2 rings (SSSR count). The van der Waals surface area contributed by atoms with E-state index in [9.17, 15) is 9.59 Å². The predicted molar refractivity (Wildman–Crippen MR) is 56.1 cm³/mol. The molecule has 1 saturated carbocycles. The van der Waals surface area contributed by atoms with Crippen molar-refractivity contribution in [2.45, 2.75) is 18.9 Å². The average molecular weight is 237 g/mol. The first-order chi connectivity index (χ1) is 8.16. The Bertz CT molecular complexity index is 420. The molecule has 3 N–H and O–H groups in total. The summed E-state index contributed by atoms with van der Waals surface area (Å²) in [5.74, 6) is -0.979. The second-order valence-corrected chi connectivity index (χ2v) is 3.72. The maximum Gasteiger partial charge on any atom is 0.326 e. The monoisotopic (exact) mass is 237 g/mol. The summed E-state index contributed by atoms with van der Waals surface area (Å²) in [7, 11) is 0. The van der Waals surface area contributed by atoms with Gasteiger partial charge in [-0.1, -0.05) is 0 Å². The van der Waals surface area contributed by atoms with Crippen molar-refractivity contribution in [2.24, 2.45) is 5.92 Å². The molecule has 90 valence electrons. The number of carbonyl (C=O) groups is 2. The fourth-order valence-electron chi connectivity index (χ4n) is 1.39. The Labute approximate surface area is 96.5 Å². The molecule has 0 aromatic carbocycles. The Kier molecular flexibility index (Phi) is 3.12. The zero-order valence-electron chi connectivity index (χ0n) is 8.83. The molecule has 0 radical (unpaired) electrons. The standard InChI is InChI=1S/C9H11N5O3/c15-7(16)6(5-1-2-5)12-9(17)13-8-10-3-4-11-14-8/h3-6H,1-2H2,(H,15,16)(H2,10,12,13,14,17). The summed E-state index contributed by atoms with van der Waals surface area (Å²) < 4.78 is 0. The van der Waals surface area contributed by atoms with E-state index in [0.717, 1.165) is 12.8 Å². The van der Waals surface area contributed by atoms with Crippen molar-refractivity contribution >= 4 is 17.9 Å². The van der Waals surface area contributed by atoms with Gasteiger partial charge in [0, 0.05) is 0 Å². The highest BCUT2D eigenvalue weighted by Gasteiger charge is 2.37. The lowest BCUT2D eigenvalue weighted by molar-refractivity contribution is -0.139. The first-order valence-electron chi connectivity index (χ1n) is 5.11. The highest BCUT2D eigenvalue weighted by molar-refractivity contribution is 5.90. The van der Waals surface area contributed by atoms with Crippen LogP contribution in [0.2, 0.25) is 0 Å². The summed E-state index contributed by atoms with van der Waals surface area (Å²) in [5, 5.41) is 20.7. The number of carboxylic acid groups (broad SMARTS) is 1. The number of aromatic nitrogens is 3. The molecule has 1 aliphatic carbocycles. The highest BCUT2D eigenvalue weighted by Crippen LogP contribution is 2.32. The van der Waals surface area contributed by atoms with Gasteiger partial charge in [-0.2, -0.15) is 5.10 Å². The van der Waals surface area contributed by atoms with E-state index >= 15 is 0 Å². The molecule has 1 atom stereocenters. The van der Waals surface area contributed by atoms with Crippen molar-refractivity contribution in [3.8, 4) is 0 Å². The topological polar surface area (TPSA) is 117 Å². The molecule has 8 heteroatoms. The fraction of sp³-hybridized carbons (Fsp3) is 0.444. The maximum absolute atomic E-state index is 11.5. The third-order valence-corrected chi connectivity index (χ3v) is 2.35. The predicted octanol–water partition coefficient (Wildman–Crippen LogP) is -0.144. The second-order valence-electron chi connectivity index (χ2n) is 3.72. The zero-order chi connectivity index (χ0) is 12.3. The SMILES string of the molecule is O=C(Nc1nccnn1)NC(C(=O)O)C1CC1. The number of nitrogens with one attached hydrogen (secondary N) is 2. The van der Waals surface area contributed by atoms with Crippen molar-refractivity contribution in [2.75, 3.05) is 5.32 Å². The lowest BCUT2D eigenvalue weighted by atomic mass is 10.2. The van der Waals surface area contributed by atoms with Gasteiger partial charge in [0.1, 0.15) is 6.04 Å². The number of rotatable bonds is 4. The smallest absolute Gasteiger partial charge is 0.326 e. The fourth-order valence-corrected chi connectivity index (χ4v) is 1.39. The van der Waals surface area contributed by atoms with Crippen LogP contribution in [0.25, 0.3) is 0 Å². The lowest BCUT2D eigenvalue weighted by Gasteiger charge is -2.13. The van der Waals surface area contributed by atoms with Crippen LogP contribution in [0.5, 0.6) is 0 Å². The molecule has 2 amide bonds. The number of hydrogen-bond acceptors (Lipinski definition) is 5. The van der Waals surface area contributed by atoms with Gasteiger partial charge in [-0.05, 0) is 18.8 Å². The minimum absolute atomic E-state index is 0.0214. The molecule has 1 heterocycles. The van der Waals surface area contributed by atoms with Crippen LogP contribution in [0.4, 0.5) is 10.7 Å². The van der Waals surface area contributed by atoms with E-state index in [0.29, 0.717) is 0 Å². The maximum atomic E-state index is 11.5. The van der Waals surface area contributed by atoms with Crippen molar-refractivity contribution in [1.29, 1.82) is 0 Å². The molecule has 1 unspecified atom stereocenters. The van der Waals surface area contributed by atoms with Crippen LogP contribution in [0.3, 0.4) is 0 Å². The van der Waals surface area contributed by atoms with Crippen molar-refractivity contribution in [3.05, 3.63) is 12.4 Å². The van der Waals surface area contributed by atoms with Crippen LogP contribution in [-0.2, 0) is 4.79 Å². The molecule has 17 heavy (non-hydrogen) atoms. The molecule has 1 aromatic heterocycles. The number of nitrogens with zero attached hydrogens (tertiary/aromatic N) is 3. The third-order valence-electron chi connectivity index (χ3n) is 2.35. The van der Waals surface area contributed by atoms with Crippen LogP contribution in [0, 0.1) is 5.92 Å². The normalized spacial score (nSPS) is 16.0. The number of urea groups is 1. The number of carboxylic acids is 1. The molecule has 0 saturated heterocycles. The van der Waals surface area contributed by atoms with Crippen LogP contribution in [-0.4, -0.2) is 38.3 Å². The lowest BCUT2D eigenvalue weighted by Crippen LogP contribution is -2.44. The Hall–Kier alpha value is -2.25. The summed E-state index contributed by atoms with van der Waals surface area (Å²) in [6, 6.07) is -1.50. The van der Waals surface area contributed by atoms with Gasteiger partial charge in [-0.15, -0.1) is 5.10 Å². The zero-order valence-corrected chi connectivity index (χ0v) is 8.83. The van der Waals surface area contributed by atoms with Gasteiger partial charge < -0.3 is 10.4 Å². The van der Waals surface area contributed by atoms with E-state index in [4.69, 9.17) is 5.11 Å². The van der Waals surface area contributed by atoms with Crippen LogP contribution < -0.4 is 10.6 Å². The number of hydrogen-bond donors (Lipinski definition) is 3. The number of amides is 2. The summed E-state index contributed by atoms with van der Waals surface area (Å²) in [6.07, 6.45) is 4.38.